The minimum atomic E-state index is -0.124. The number of carbonyl (C=O) groups is 1. The maximum Gasteiger partial charge on any atom is 0.252 e. The van der Waals surface area contributed by atoms with Gasteiger partial charge in [-0.3, -0.25) is 4.79 Å². The van der Waals surface area contributed by atoms with Crippen molar-refractivity contribution in [2.45, 2.75) is 45.6 Å². The zero-order valence-corrected chi connectivity index (χ0v) is 12.8. The van der Waals surface area contributed by atoms with Gasteiger partial charge >= 0.3 is 0 Å². The highest BCUT2D eigenvalue weighted by Crippen LogP contribution is 2.26. The lowest BCUT2D eigenvalue weighted by molar-refractivity contribution is 0.0887. The van der Waals surface area contributed by atoms with Gasteiger partial charge in [-0.2, -0.15) is 0 Å². The minimum Gasteiger partial charge on any atom is -0.398 e. The molecule has 0 bridgehead atoms. The summed E-state index contributed by atoms with van der Waals surface area (Å²) in [7, 11) is 0. The Hall–Kier alpha value is -1.03. The monoisotopic (exact) mass is 312 g/mol. The lowest BCUT2D eigenvalue weighted by atomic mass is 9.89. The van der Waals surface area contributed by atoms with Crippen LogP contribution in [0.1, 0.15) is 50.4 Å². The number of nitrogens with one attached hydrogen (secondary N) is 1. The number of anilines is 1. The van der Waals surface area contributed by atoms with Crippen molar-refractivity contribution in [1.82, 2.24) is 5.32 Å². The number of halogens is 1. The Balaban J connectivity index is 2.98. The molecule has 0 aliphatic carbocycles. The Morgan fingerprint density at radius 1 is 1.28 bits per heavy atom. The van der Waals surface area contributed by atoms with Crippen molar-refractivity contribution in [3.8, 4) is 0 Å². The van der Waals surface area contributed by atoms with Crippen LogP contribution in [0.5, 0.6) is 0 Å². The topological polar surface area (TPSA) is 55.1 Å². The fourth-order valence-corrected chi connectivity index (χ4v) is 2.49. The van der Waals surface area contributed by atoms with Gasteiger partial charge in [-0.25, -0.2) is 0 Å². The van der Waals surface area contributed by atoms with Gasteiger partial charge in [-0.15, -0.1) is 0 Å². The van der Waals surface area contributed by atoms with E-state index in [9.17, 15) is 4.79 Å². The second-order valence-electron chi connectivity index (χ2n) is 4.50. The largest absolute Gasteiger partial charge is 0.398 e. The van der Waals surface area contributed by atoms with Crippen LogP contribution >= 0.6 is 15.9 Å². The molecule has 100 valence electrons. The average Bonchev–Trinajstić information content (AvgIpc) is 2.39. The van der Waals surface area contributed by atoms with Crippen molar-refractivity contribution >= 4 is 27.5 Å². The van der Waals surface area contributed by atoms with Crippen molar-refractivity contribution in [3.63, 3.8) is 0 Å². The molecule has 0 fully saturated rings. The Morgan fingerprint density at radius 3 is 2.33 bits per heavy atom. The Morgan fingerprint density at radius 2 is 1.83 bits per heavy atom. The van der Waals surface area contributed by atoms with Crippen LogP contribution in [0.15, 0.2) is 22.7 Å². The van der Waals surface area contributed by atoms with Gasteiger partial charge in [0.05, 0.1) is 10.0 Å². The van der Waals surface area contributed by atoms with Crippen LogP contribution in [0.2, 0.25) is 0 Å². The van der Waals surface area contributed by atoms with Gasteiger partial charge in [0.25, 0.3) is 5.91 Å². The minimum absolute atomic E-state index is 0.0697. The first-order valence-corrected chi connectivity index (χ1v) is 7.15. The molecule has 0 saturated carbocycles. The summed E-state index contributed by atoms with van der Waals surface area (Å²) in [6.07, 6.45) is 2.77. The molecule has 4 heteroatoms. The fourth-order valence-electron chi connectivity index (χ4n) is 2.05. The van der Waals surface area contributed by atoms with E-state index in [0.29, 0.717) is 15.7 Å². The van der Waals surface area contributed by atoms with E-state index < -0.39 is 0 Å². The highest BCUT2D eigenvalue weighted by Gasteiger charge is 2.27. The highest BCUT2D eigenvalue weighted by molar-refractivity contribution is 9.10. The van der Waals surface area contributed by atoms with E-state index in [4.69, 9.17) is 5.73 Å². The SMILES string of the molecule is CCC(CC)(CC)NC(=O)c1cccc(N)c1Br. The third-order valence-corrected chi connectivity index (χ3v) is 4.57. The number of amides is 1. The molecular weight excluding hydrogens is 292 g/mol. The van der Waals surface area contributed by atoms with Gasteiger partial charge in [0.15, 0.2) is 0 Å². The van der Waals surface area contributed by atoms with E-state index in [2.05, 4.69) is 42.0 Å². The lowest BCUT2D eigenvalue weighted by Crippen LogP contribution is -2.47. The van der Waals surface area contributed by atoms with Crippen molar-refractivity contribution in [3.05, 3.63) is 28.2 Å². The molecule has 18 heavy (non-hydrogen) atoms. The molecule has 1 aromatic rings. The van der Waals surface area contributed by atoms with E-state index in [0.717, 1.165) is 19.3 Å². The Labute approximate surface area is 117 Å². The van der Waals surface area contributed by atoms with Crippen molar-refractivity contribution in [1.29, 1.82) is 0 Å². The van der Waals surface area contributed by atoms with Crippen LogP contribution in [-0.2, 0) is 0 Å². The fraction of sp³-hybridized carbons (Fsp3) is 0.500. The number of nitrogen functional groups attached to an aromatic ring is 1. The molecule has 0 aromatic heterocycles. The molecule has 3 nitrogen and oxygen atoms in total. The number of hydrogen-bond donors (Lipinski definition) is 2. The second-order valence-corrected chi connectivity index (χ2v) is 5.30. The van der Waals surface area contributed by atoms with Gasteiger partial charge < -0.3 is 11.1 Å². The summed E-state index contributed by atoms with van der Waals surface area (Å²) in [4.78, 5) is 12.3. The third kappa shape index (κ3) is 3.05. The molecule has 0 aliphatic heterocycles. The molecule has 0 aliphatic rings. The second kappa shape index (κ2) is 6.23. The molecular formula is C14H21BrN2O. The first-order valence-electron chi connectivity index (χ1n) is 6.36. The summed E-state index contributed by atoms with van der Waals surface area (Å²) in [5.41, 5.74) is 6.84. The number of benzene rings is 1. The molecule has 0 heterocycles. The average molecular weight is 313 g/mol. The molecule has 1 aromatic carbocycles. The number of carbonyl (C=O) groups excluding carboxylic acids is 1. The normalized spacial score (nSPS) is 11.3. The van der Waals surface area contributed by atoms with Crippen LogP contribution in [0.3, 0.4) is 0 Å². The zero-order chi connectivity index (χ0) is 13.8. The van der Waals surface area contributed by atoms with Crippen LogP contribution in [-0.4, -0.2) is 11.4 Å². The highest BCUT2D eigenvalue weighted by atomic mass is 79.9. The van der Waals surface area contributed by atoms with Gasteiger partial charge in [0, 0.05) is 11.2 Å². The molecule has 1 amide bonds. The van der Waals surface area contributed by atoms with Gasteiger partial charge in [0.1, 0.15) is 0 Å². The maximum absolute atomic E-state index is 12.3. The molecule has 0 radical (unpaired) electrons. The maximum atomic E-state index is 12.3. The molecule has 0 unspecified atom stereocenters. The number of hydrogen-bond acceptors (Lipinski definition) is 2. The van der Waals surface area contributed by atoms with Crippen molar-refractivity contribution in [2.24, 2.45) is 0 Å². The zero-order valence-electron chi connectivity index (χ0n) is 11.2. The summed E-state index contributed by atoms with van der Waals surface area (Å²) in [5, 5.41) is 3.14. The Kier molecular flexibility index (Phi) is 5.20. The lowest BCUT2D eigenvalue weighted by Gasteiger charge is -2.32. The summed E-state index contributed by atoms with van der Waals surface area (Å²) in [6, 6.07) is 5.34. The van der Waals surface area contributed by atoms with Crippen molar-refractivity contribution in [2.75, 3.05) is 5.73 Å². The number of rotatable bonds is 5. The van der Waals surface area contributed by atoms with E-state index in [1.54, 1.807) is 18.2 Å². The van der Waals surface area contributed by atoms with Crippen LogP contribution in [0.25, 0.3) is 0 Å². The smallest absolute Gasteiger partial charge is 0.252 e. The molecule has 3 N–H and O–H groups in total. The first-order chi connectivity index (χ1) is 8.49. The van der Waals surface area contributed by atoms with E-state index in [-0.39, 0.29) is 11.4 Å². The van der Waals surface area contributed by atoms with Crippen molar-refractivity contribution < 1.29 is 4.79 Å². The number of nitrogens with two attached hydrogens (primary N) is 1. The summed E-state index contributed by atoms with van der Waals surface area (Å²) in [6.45, 7) is 6.30. The summed E-state index contributed by atoms with van der Waals surface area (Å²) >= 11 is 3.37. The quantitative estimate of drug-likeness (QED) is 0.814. The third-order valence-electron chi connectivity index (χ3n) is 3.68. The Bertz CT molecular complexity index is 420. The molecule has 1 rings (SSSR count). The molecule has 0 saturated heterocycles. The van der Waals surface area contributed by atoms with Crippen LogP contribution < -0.4 is 11.1 Å². The molecule has 0 spiro atoms. The van der Waals surface area contributed by atoms with E-state index in [1.165, 1.54) is 0 Å². The summed E-state index contributed by atoms with van der Waals surface area (Å²) in [5.74, 6) is -0.0697. The summed E-state index contributed by atoms with van der Waals surface area (Å²) < 4.78 is 0.666. The van der Waals surface area contributed by atoms with E-state index in [1.807, 2.05) is 0 Å². The predicted octanol–water partition coefficient (Wildman–Crippen LogP) is 3.73. The van der Waals surface area contributed by atoms with Crippen LogP contribution in [0.4, 0.5) is 5.69 Å². The first kappa shape index (κ1) is 15.0. The van der Waals surface area contributed by atoms with Crippen LogP contribution in [0, 0.1) is 0 Å². The standard InChI is InChI=1S/C14H21BrN2O/c1-4-14(5-2,6-3)17-13(18)10-8-7-9-11(16)12(10)15/h7-9H,4-6,16H2,1-3H3,(H,17,18). The van der Waals surface area contributed by atoms with Gasteiger partial charge in [-0.05, 0) is 47.3 Å². The van der Waals surface area contributed by atoms with E-state index >= 15 is 0 Å². The molecule has 0 atom stereocenters. The predicted molar refractivity (Wildman–Crippen MR) is 79.6 cm³/mol. The van der Waals surface area contributed by atoms with Gasteiger partial charge in [0.2, 0.25) is 0 Å². The van der Waals surface area contributed by atoms with Gasteiger partial charge in [-0.1, -0.05) is 26.8 Å².